The van der Waals surface area contributed by atoms with Crippen LogP contribution in [0, 0.1) is 10.3 Å². The standard InChI is InChI=1S/C14H15NO4/c1-14(7-8-14)9-19-13(17)11(12(16)15-18)10-5-3-2-4-6-10/h2-6,11H,7-9H2,1H3. The van der Waals surface area contributed by atoms with Crippen LogP contribution in [0.4, 0.5) is 0 Å². The molecule has 1 aliphatic carbocycles. The van der Waals surface area contributed by atoms with Crippen LogP contribution in [0.2, 0.25) is 0 Å². The van der Waals surface area contributed by atoms with Crippen molar-refractivity contribution in [3.8, 4) is 0 Å². The zero-order valence-corrected chi connectivity index (χ0v) is 10.7. The molecule has 0 N–H and O–H groups in total. The monoisotopic (exact) mass is 261 g/mol. The molecule has 1 aromatic carbocycles. The van der Waals surface area contributed by atoms with E-state index in [1.807, 2.05) is 6.92 Å². The first-order chi connectivity index (χ1) is 9.06. The van der Waals surface area contributed by atoms with Crippen LogP contribution in [0.3, 0.4) is 0 Å². The highest BCUT2D eigenvalue weighted by atomic mass is 16.5. The Hall–Kier alpha value is -2.04. The summed E-state index contributed by atoms with van der Waals surface area (Å²) in [5.74, 6) is -2.97. The lowest BCUT2D eigenvalue weighted by molar-refractivity contribution is -0.149. The Balaban J connectivity index is 2.11. The normalized spacial score (nSPS) is 17.3. The molecule has 1 amide bonds. The van der Waals surface area contributed by atoms with Gasteiger partial charge in [-0.15, -0.1) is 4.91 Å². The Morgan fingerprint density at radius 3 is 2.47 bits per heavy atom. The number of carbonyl (C=O) groups is 2. The Bertz CT molecular complexity index is 493. The maximum Gasteiger partial charge on any atom is 0.323 e. The van der Waals surface area contributed by atoms with Gasteiger partial charge in [-0.2, -0.15) is 0 Å². The summed E-state index contributed by atoms with van der Waals surface area (Å²) < 4.78 is 5.15. The van der Waals surface area contributed by atoms with E-state index in [0.29, 0.717) is 5.56 Å². The van der Waals surface area contributed by atoms with Crippen LogP contribution in [0.1, 0.15) is 31.2 Å². The van der Waals surface area contributed by atoms with Crippen molar-refractivity contribution < 1.29 is 14.3 Å². The molecule has 0 heterocycles. The molecule has 1 unspecified atom stereocenters. The van der Waals surface area contributed by atoms with Gasteiger partial charge in [0.25, 0.3) is 0 Å². The van der Waals surface area contributed by atoms with Gasteiger partial charge < -0.3 is 4.74 Å². The Morgan fingerprint density at radius 2 is 1.95 bits per heavy atom. The topological polar surface area (TPSA) is 72.8 Å². The molecule has 1 atom stereocenters. The molecule has 2 rings (SSSR count). The van der Waals surface area contributed by atoms with Gasteiger partial charge in [0, 0.05) is 10.6 Å². The number of rotatable bonds is 5. The number of benzene rings is 1. The highest BCUT2D eigenvalue weighted by Crippen LogP contribution is 2.45. The SMILES string of the molecule is CC1(COC(=O)C(C(=O)N=O)c2ccccc2)CC1. The fourth-order valence-electron chi connectivity index (χ4n) is 1.76. The summed E-state index contributed by atoms with van der Waals surface area (Å²) in [5.41, 5.74) is 0.465. The molecular weight excluding hydrogens is 246 g/mol. The van der Waals surface area contributed by atoms with Crippen molar-refractivity contribution in [3.05, 3.63) is 40.8 Å². The van der Waals surface area contributed by atoms with E-state index >= 15 is 0 Å². The van der Waals surface area contributed by atoms with E-state index in [-0.39, 0.29) is 12.0 Å². The first kappa shape index (κ1) is 13.4. The number of amides is 1. The molecule has 0 saturated heterocycles. The van der Waals surface area contributed by atoms with Crippen molar-refractivity contribution >= 4 is 11.9 Å². The number of nitroso groups, excluding NO2 is 1. The minimum Gasteiger partial charge on any atom is -0.464 e. The fraction of sp³-hybridized carbons (Fsp3) is 0.429. The molecule has 0 spiro atoms. The molecule has 0 aromatic heterocycles. The van der Waals surface area contributed by atoms with Gasteiger partial charge in [-0.05, 0) is 18.4 Å². The third-order valence-corrected chi connectivity index (χ3v) is 3.37. The number of esters is 1. The van der Waals surface area contributed by atoms with Crippen LogP contribution in [0.5, 0.6) is 0 Å². The molecule has 1 aromatic rings. The minimum atomic E-state index is -1.25. The molecule has 100 valence electrons. The molecule has 5 nitrogen and oxygen atoms in total. The lowest BCUT2D eigenvalue weighted by atomic mass is 9.98. The van der Waals surface area contributed by atoms with Crippen LogP contribution in [0.25, 0.3) is 0 Å². The average molecular weight is 261 g/mol. The Labute approximate surface area is 110 Å². The second-order valence-electron chi connectivity index (χ2n) is 5.19. The van der Waals surface area contributed by atoms with Crippen molar-refractivity contribution in [2.45, 2.75) is 25.7 Å². The van der Waals surface area contributed by atoms with Gasteiger partial charge in [-0.25, -0.2) is 0 Å². The maximum atomic E-state index is 12.0. The zero-order chi connectivity index (χ0) is 13.9. The van der Waals surface area contributed by atoms with Gasteiger partial charge in [-0.1, -0.05) is 37.3 Å². The predicted octanol–water partition coefficient (Wildman–Crippen LogP) is 2.41. The Morgan fingerprint density at radius 1 is 1.32 bits per heavy atom. The second kappa shape index (κ2) is 5.30. The fourth-order valence-corrected chi connectivity index (χ4v) is 1.76. The van der Waals surface area contributed by atoms with E-state index in [1.165, 1.54) is 0 Å². The Kier molecular flexibility index (Phi) is 3.74. The van der Waals surface area contributed by atoms with Gasteiger partial charge >= 0.3 is 11.9 Å². The minimum absolute atomic E-state index is 0.0363. The third kappa shape index (κ3) is 3.24. The van der Waals surface area contributed by atoms with Gasteiger partial charge in [0.15, 0.2) is 5.92 Å². The average Bonchev–Trinajstić information content (AvgIpc) is 3.16. The first-order valence-electron chi connectivity index (χ1n) is 6.14. The highest BCUT2D eigenvalue weighted by Gasteiger charge is 2.40. The summed E-state index contributed by atoms with van der Waals surface area (Å²) in [5, 5.41) is 2.36. The van der Waals surface area contributed by atoms with Gasteiger partial charge in [0.1, 0.15) is 0 Å². The van der Waals surface area contributed by atoms with E-state index in [4.69, 9.17) is 4.74 Å². The first-order valence-corrected chi connectivity index (χ1v) is 6.14. The molecule has 1 saturated carbocycles. The van der Waals surface area contributed by atoms with Crippen molar-refractivity contribution in [3.63, 3.8) is 0 Å². The van der Waals surface area contributed by atoms with Crippen LogP contribution >= 0.6 is 0 Å². The van der Waals surface area contributed by atoms with E-state index in [1.54, 1.807) is 30.3 Å². The predicted molar refractivity (Wildman–Crippen MR) is 68.3 cm³/mol. The quantitative estimate of drug-likeness (QED) is 0.463. The number of carbonyl (C=O) groups excluding carboxylic acids is 2. The third-order valence-electron chi connectivity index (χ3n) is 3.37. The molecule has 0 bridgehead atoms. The summed E-state index contributed by atoms with van der Waals surface area (Å²) >= 11 is 0. The van der Waals surface area contributed by atoms with Crippen LogP contribution in [-0.4, -0.2) is 18.5 Å². The van der Waals surface area contributed by atoms with E-state index in [0.717, 1.165) is 12.8 Å². The van der Waals surface area contributed by atoms with Crippen LogP contribution < -0.4 is 0 Å². The van der Waals surface area contributed by atoms with Crippen molar-refractivity contribution in [2.24, 2.45) is 10.6 Å². The summed E-state index contributed by atoms with van der Waals surface area (Å²) in [7, 11) is 0. The van der Waals surface area contributed by atoms with Gasteiger partial charge in [0.05, 0.1) is 6.61 Å². The highest BCUT2D eigenvalue weighted by molar-refractivity contribution is 6.03. The molecule has 0 aliphatic heterocycles. The van der Waals surface area contributed by atoms with E-state index < -0.39 is 17.8 Å². The van der Waals surface area contributed by atoms with Crippen molar-refractivity contribution in [2.75, 3.05) is 6.61 Å². The summed E-state index contributed by atoms with van der Waals surface area (Å²) in [6, 6.07) is 8.35. The van der Waals surface area contributed by atoms with Crippen molar-refractivity contribution in [1.82, 2.24) is 0 Å². The molecule has 1 fully saturated rings. The molecule has 1 aliphatic rings. The number of nitrogens with zero attached hydrogens (tertiary/aromatic N) is 1. The van der Waals surface area contributed by atoms with Crippen LogP contribution in [0.15, 0.2) is 35.5 Å². The number of ether oxygens (including phenoxy) is 1. The smallest absolute Gasteiger partial charge is 0.323 e. The van der Waals surface area contributed by atoms with Crippen molar-refractivity contribution in [1.29, 1.82) is 0 Å². The van der Waals surface area contributed by atoms with Gasteiger partial charge in [0.2, 0.25) is 0 Å². The lowest BCUT2D eigenvalue weighted by Crippen LogP contribution is -2.24. The molecule has 0 radical (unpaired) electrons. The van der Waals surface area contributed by atoms with Gasteiger partial charge in [-0.3, -0.25) is 9.59 Å². The molecular formula is C14H15NO4. The van der Waals surface area contributed by atoms with Crippen LogP contribution in [-0.2, 0) is 14.3 Å². The van der Waals surface area contributed by atoms with E-state index in [2.05, 4.69) is 5.18 Å². The second-order valence-corrected chi connectivity index (χ2v) is 5.19. The number of hydrogen-bond donors (Lipinski definition) is 0. The lowest BCUT2D eigenvalue weighted by Gasteiger charge is -2.14. The largest absolute Gasteiger partial charge is 0.464 e. The molecule has 19 heavy (non-hydrogen) atoms. The zero-order valence-electron chi connectivity index (χ0n) is 10.7. The molecule has 5 heteroatoms. The van der Waals surface area contributed by atoms with E-state index in [9.17, 15) is 14.5 Å². The maximum absolute atomic E-state index is 12.0. The summed E-state index contributed by atoms with van der Waals surface area (Å²) in [6.07, 6.45) is 2.02. The number of hydrogen-bond acceptors (Lipinski definition) is 4. The summed E-state index contributed by atoms with van der Waals surface area (Å²) in [6.45, 7) is 2.29. The summed E-state index contributed by atoms with van der Waals surface area (Å²) in [4.78, 5) is 33.9.